The predicted octanol–water partition coefficient (Wildman–Crippen LogP) is 7.22. The normalized spacial score (nSPS) is 44.0. The van der Waals surface area contributed by atoms with Crippen LogP contribution in [0, 0.1) is 59.2 Å². The number of rotatable bonds is 12. The first-order valence-corrected chi connectivity index (χ1v) is 24.9. The van der Waals surface area contributed by atoms with Crippen molar-refractivity contribution >= 4 is 17.9 Å². The highest BCUT2D eigenvalue weighted by atomic mass is 16.6. The maximum Gasteiger partial charge on any atom is 0.355 e. The number of H-pyrrole nitrogens is 1. The van der Waals surface area contributed by atoms with E-state index in [1.54, 1.807) is 31.5 Å². The van der Waals surface area contributed by atoms with Gasteiger partial charge in [-0.2, -0.15) is 0 Å². The first kappa shape index (κ1) is 50.3. The Bertz CT molecular complexity index is 2140. The molecule has 0 aromatic carbocycles. The van der Waals surface area contributed by atoms with Crippen molar-refractivity contribution < 1.29 is 62.5 Å². The lowest BCUT2D eigenvalue weighted by atomic mass is 9.55. The van der Waals surface area contributed by atoms with Gasteiger partial charge in [0.25, 0.3) is 0 Å². The second kappa shape index (κ2) is 20.0. The average Bonchev–Trinajstić information content (AvgIpc) is 4.00. The molecule has 1 unspecified atom stereocenters. The zero-order valence-corrected chi connectivity index (χ0v) is 41.6. The Hall–Kier alpha value is -4.05. The number of nitrogens with one attached hydrogen (secondary N) is 1. The van der Waals surface area contributed by atoms with E-state index in [9.17, 15) is 24.6 Å². The smallest absolute Gasteiger partial charge is 0.355 e. The number of ether oxygens (including phenoxy) is 8. The second-order valence-electron chi connectivity index (χ2n) is 21.3. The molecule has 3 fully saturated rings. The maximum atomic E-state index is 14.0. The number of cyclic esters (lactones) is 2. The van der Waals surface area contributed by atoms with Gasteiger partial charge in [-0.1, -0.05) is 71.1 Å². The number of carbonyl (C=O) groups excluding carboxylic acids is 3. The van der Waals surface area contributed by atoms with Gasteiger partial charge in [-0.3, -0.25) is 0 Å². The minimum absolute atomic E-state index is 0.0135. The minimum Gasteiger partial charge on any atom is -0.495 e. The number of hydrogen-bond donors (Lipinski definition) is 3. The molecule has 2 spiro atoms. The fourth-order valence-corrected chi connectivity index (χ4v) is 13.3. The Morgan fingerprint density at radius 1 is 0.882 bits per heavy atom. The Morgan fingerprint density at radius 3 is 2.18 bits per heavy atom. The molecule has 14 heteroatoms. The quantitative estimate of drug-likeness (QED) is 0.0828. The lowest BCUT2D eigenvalue weighted by Crippen LogP contribution is -2.55. The van der Waals surface area contributed by atoms with Crippen LogP contribution >= 0.6 is 0 Å². The van der Waals surface area contributed by atoms with Gasteiger partial charge in [0, 0.05) is 61.8 Å². The summed E-state index contributed by atoms with van der Waals surface area (Å²) in [4.78, 5) is 43.6. The summed E-state index contributed by atoms with van der Waals surface area (Å²) in [6, 6.07) is 3.47. The van der Waals surface area contributed by atoms with Crippen molar-refractivity contribution in [3.05, 3.63) is 84.0 Å². The van der Waals surface area contributed by atoms with Crippen LogP contribution in [0.4, 0.5) is 0 Å². The van der Waals surface area contributed by atoms with Crippen molar-refractivity contribution in [3.63, 3.8) is 0 Å². The van der Waals surface area contributed by atoms with Gasteiger partial charge in [0.1, 0.15) is 41.8 Å². The monoisotopic (exact) mass is 946 g/mol. The molecule has 8 rings (SSSR count). The van der Waals surface area contributed by atoms with Crippen molar-refractivity contribution in [1.29, 1.82) is 0 Å². The zero-order chi connectivity index (χ0) is 49.0. The van der Waals surface area contributed by atoms with E-state index in [1.807, 2.05) is 53.7 Å². The maximum absolute atomic E-state index is 14.0. The molecule has 3 aliphatic carbocycles. The summed E-state index contributed by atoms with van der Waals surface area (Å²) in [5.74, 6) is -3.04. The Labute approximate surface area is 401 Å². The molecule has 5 heterocycles. The predicted molar refractivity (Wildman–Crippen MR) is 251 cm³/mol. The van der Waals surface area contributed by atoms with Gasteiger partial charge < -0.3 is 53.1 Å². The SMILES string of the molecule is CO[C@H]1C[C@H]2C=C[C@H]3[C@H]4O[C@]2(/C(C)=C/[C@@H](C)[C@@H]([C@@H](C)O)OC1=O)[C@@H]3[C@H](O)C(C)[C@H]4C/C=C/O[C@H](C)[C@H]1OC(=O)[C@@H](OC)C[C@H]2C=C[C@@H]3C[C@]2(O[C@H]3[C@H](OC(=O)c2ccc[nH]2)C(C)C)/C(C)=C/[C@H]1C. The zero-order valence-electron chi connectivity index (χ0n) is 41.6. The summed E-state index contributed by atoms with van der Waals surface area (Å²) in [6.07, 6.45) is 13.5. The van der Waals surface area contributed by atoms with Gasteiger partial charge >= 0.3 is 17.9 Å². The summed E-state index contributed by atoms with van der Waals surface area (Å²) in [7, 11) is 3.02. The van der Waals surface area contributed by atoms with Gasteiger partial charge in [0.05, 0.1) is 30.2 Å². The third-order valence-electron chi connectivity index (χ3n) is 16.9. The number of methoxy groups -OCH3 is 2. The summed E-state index contributed by atoms with van der Waals surface area (Å²) in [5.41, 5.74) is 0.700. The van der Waals surface area contributed by atoms with E-state index in [-0.39, 0.29) is 65.3 Å². The van der Waals surface area contributed by atoms with E-state index >= 15 is 0 Å². The Balaban J connectivity index is 0.999. The van der Waals surface area contributed by atoms with E-state index in [4.69, 9.17) is 37.9 Å². The Kier molecular flexibility index (Phi) is 14.8. The van der Waals surface area contributed by atoms with Gasteiger partial charge in [0.2, 0.25) is 0 Å². The molecule has 1 aromatic rings. The highest BCUT2D eigenvalue weighted by molar-refractivity contribution is 5.87. The molecule has 0 radical (unpaired) electrons. The van der Waals surface area contributed by atoms with Crippen LogP contribution in [0.1, 0.15) is 98.5 Å². The molecule has 1 saturated carbocycles. The lowest BCUT2D eigenvalue weighted by Gasteiger charge is -2.49. The minimum atomic E-state index is -0.907. The molecule has 7 aliphatic rings. The number of hydrogen-bond acceptors (Lipinski definition) is 13. The van der Waals surface area contributed by atoms with Gasteiger partial charge in [-0.25, -0.2) is 14.4 Å². The van der Waals surface area contributed by atoms with E-state index in [2.05, 4.69) is 49.2 Å². The van der Waals surface area contributed by atoms with E-state index in [0.717, 1.165) is 11.1 Å². The van der Waals surface area contributed by atoms with Crippen LogP contribution in [0.15, 0.2) is 78.3 Å². The van der Waals surface area contributed by atoms with E-state index < -0.39 is 84.0 Å². The molecule has 4 aliphatic heterocycles. The van der Waals surface area contributed by atoms with E-state index in [1.165, 1.54) is 14.2 Å². The molecule has 6 bridgehead atoms. The van der Waals surface area contributed by atoms with Crippen LogP contribution in [0.25, 0.3) is 0 Å². The highest BCUT2D eigenvalue weighted by Gasteiger charge is 2.68. The molecule has 1 aromatic heterocycles. The van der Waals surface area contributed by atoms with Crippen molar-refractivity contribution in [3.8, 4) is 0 Å². The number of aliphatic hydroxyl groups excluding tert-OH is 2. The molecular weight excluding hydrogens is 871 g/mol. The van der Waals surface area contributed by atoms with Gasteiger partial charge in [0.15, 0.2) is 12.2 Å². The van der Waals surface area contributed by atoms with Crippen LogP contribution in [0.5, 0.6) is 0 Å². The van der Waals surface area contributed by atoms with Gasteiger partial charge in [-0.05, 0) is 100 Å². The average molecular weight is 946 g/mol. The molecule has 21 atom stereocenters. The lowest BCUT2D eigenvalue weighted by molar-refractivity contribution is -0.172. The Morgan fingerprint density at radius 2 is 1.53 bits per heavy atom. The van der Waals surface area contributed by atoms with Crippen molar-refractivity contribution in [2.75, 3.05) is 14.2 Å². The van der Waals surface area contributed by atoms with Crippen LogP contribution in [0.2, 0.25) is 0 Å². The summed E-state index contributed by atoms with van der Waals surface area (Å²) in [5, 5.41) is 22.9. The summed E-state index contributed by atoms with van der Waals surface area (Å²) < 4.78 is 50.7. The number of allylic oxidation sites excluding steroid dienone is 1. The van der Waals surface area contributed by atoms with E-state index in [0.29, 0.717) is 31.4 Å². The first-order valence-electron chi connectivity index (χ1n) is 24.9. The van der Waals surface area contributed by atoms with Crippen LogP contribution in [-0.4, -0.2) is 120 Å². The summed E-state index contributed by atoms with van der Waals surface area (Å²) >= 11 is 0. The third-order valence-corrected chi connectivity index (χ3v) is 16.9. The number of fused-ring (bicyclic) bond motifs is 1. The molecule has 3 N–H and O–H groups in total. The molecule has 0 amide bonds. The van der Waals surface area contributed by atoms with Crippen LogP contribution in [-0.2, 0) is 47.5 Å². The molecular formula is C54H75NO13. The summed E-state index contributed by atoms with van der Waals surface area (Å²) in [6.45, 7) is 17.7. The molecule has 2 saturated heterocycles. The largest absolute Gasteiger partial charge is 0.495 e. The molecule has 68 heavy (non-hydrogen) atoms. The van der Waals surface area contributed by atoms with Crippen molar-refractivity contribution in [1.82, 2.24) is 4.98 Å². The van der Waals surface area contributed by atoms with Crippen LogP contribution < -0.4 is 0 Å². The fraction of sp³-hybridized carbons (Fsp3) is 0.685. The van der Waals surface area contributed by atoms with Crippen molar-refractivity contribution in [2.45, 2.75) is 160 Å². The first-order chi connectivity index (χ1) is 32.4. The number of aromatic nitrogens is 1. The molecule has 374 valence electrons. The molecule has 14 nitrogen and oxygen atoms in total. The fourth-order valence-electron chi connectivity index (χ4n) is 13.3. The number of carbonyl (C=O) groups is 3. The number of aliphatic hydroxyl groups is 2. The number of esters is 3. The third kappa shape index (κ3) is 8.88. The second-order valence-corrected chi connectivity index (χ2v) is 21.3. The topological polar surface area (TPSA) is 181 Å². The standard InChI is InChI=1S/C54H75NO13/c1-27(2)45(64-50(58)40-15-12-20-55-40)48-35-16-17-36-24-41(61-10)52(60)66-47(29(4)22-30(5)53(36,26-35)67-48)34(9)63-21-13-14-38-32(7)44(57)43-39-19-18-37-25-42(62-11)51(59)65-46(33(8)56)28(3)23-31(6)54(37,43)68-49(38)39/h12-13,15-23,27-29,32-39,41-49,55-57H,14,24-26H2,1-11H3/b21-13+,30-22+,31-23+/t28-,29-,32?,33-,34-,35-,36-,37-,38-,39-,41+,42+,43+,44-,45-,46+,47+,48-,49+,53+,54+/m1/s1. The van der Waals surface area contributed by atoms with Crippen molar-refractivity contribution in [2.24, 2.45) is 59.2 Å². The highest BCUT2D eigenvalue weighted by Crippen LogP contribution is 2.62. The van der Waals surface area contributed by atoms with Crippen LogP contribution in [0.3, 0.4) is 0 Å². The van der Waals surface area contributed by atoms with Gasteiger partial charge in [-0.15, -0.1) is 0 Å². The number of aromatic amines is 1.